The summed E-state index contributed by atoms with van der Waals surface area (Å²) in [5.41, 5.74) is 1.99. The van der Waals surface area contributed by atoms with Gasteiger partial charge in [-0.25, -0.2) is 4.68 Å². The smallest absolute Gasteiger partial charge is 0.284 e. The van der Waals surface area contributed by atoms with E-state index in [1.54, 1.807) is 12.1 Å². The fourth-order valence-electron chi connectivity index (χ4n) is 3.61. The number of tetrazole rings is 1. The van der Waals surface area contributed by atoms with Crippen LogP contribution < -0.4 is 5.32 Å². The normalized spacial score (nSPS) is 15.9. The lowest BCUT2D eigenvalue weighted by atomic mass is 10.1. The molecule has 10 nitrogen and oxygen atoms in total. The number of sulfonamides is 1. The predicted octanol–water partition coefficient (Wildman–Crippen LogP) is 2.44. The molecule has 0 unspecified atom stereocenters. The van der Waals surface area contributed by atoms with Crippen LogP contribution in [0.1, 0.15) is 31.2 Å². The monoisotopic (exact) mass is 467 g/mol. The molecule has 1 aliphatic rings. The molecule has 0 bridgehead atoms. The third-order valence-electron chi connectivity index (χ3n) is 5.39. The highest BCUT2D eigenvalue weighted by molar-refractivity contribution is 7.90. The Bertz CT molecular complexity index is 1240. The molecule has 3 aromatic rings. The van der Waals surface area contributed by atoms with E-state index in [-0.39, 0.29) is 17.2 Å². The van der Waals surface area contributed by atoms with Gasteiger partial charge in [0.05, 0.1) is 17.0 Å². The molecule has 0 spiro atoms. The van der Waals surface area contributed by atoms with Crippen LogP contribution in [0.3, 0.4) is 0 Å². The van der Waals surface area contributed by atoms with Gasteiger partial charge < -0.3 is 10.2 Å². The van der Waals surface area contributed by atoms with Gasteiger partial charge in [0.15, 0.2) is 0 Å². The Labute approximate surface area is 192 Å². The predicted molar refractivity (Wildman–Crippen MR) is 124 cm³/mol. The zero-order valence-electron chi connectivity index (χ0n) is 18.3. The van der Waals surface area contributed by atoms with Crippen molar-refractivity contribution in [3.8, 4) is 5.69 Å². The van der Waals surface area contributed by atoms with Gasteiger partial charge in [-0.3, -0.25) is 4.79 Å². The molecular weight excluding hydrogens is 442 g/mol. The summed E-state index contributed by atoms with van der Waals surface area (Å²) in [6.45, 7) is 0.793. The zero-order valence-corrected chi connectivity index (χ0v) is 19.1. The Hall–Kier alpha value is -3.60. The molecule has 1 aromatic heterocycles. The first-order valence-corrected chi connectivity index (χ1v) is 12.1. The van der Waals surface area contributed by atoms with Gasteiger partial charge in [-0.05, 0) is 59.2 Å². The molecule has 1 saturated heterocycles. The molecule has 172 valence electrons. The number of rotatable bonds is 6. The SMILES string of the molecule is CN1CCCCC/C1=N\S(=O)(=O)c1cccc(NC(=O)Cc2ccc(-n3cnnn3)cc2)c1. The van der Waals surface area contributed by atoms with E-state index in [0.29, 0.717) is 17.9 Å². The molecule has 1 aliphatic heterocycles. The number of carbonyl (C=O) groups excluding carboxylic acids is 1. The van der Waals surface area contributed by atoms with Crippen molar-refractivity contribution >= 4 is 27.5 Å². The summed E-state index contributed by atoms with van der Waals surface area (Å²) in [5.74, 6) is 0.321. The van der Waals surface area contributed by atoms with Gasteiger partial charge in [0.25, 0.3) is 10.0 Å². The van der Waals surface area contributed by atoms with E-state index in [2.05, 4.69) is 25.2 Å². The fraction of sp³-hybridized carbons (Fsp3) is 0.318. The van der Waals surface area contributed by atoms with Crippen molar-refractivity contribution < 1.29 is 13.2 Å². The van der Waals surface area contributed by atoms with Crippen LogP contribution in [0.15, 0.2) is 64.2 Å². The van der Waals surface area contributed by atoms with E-state index in [0.717, 1.165) is 37.1 Å². The summed E-state index contributed by atoms with van der Waals surface area (Å²) in [6, 6.07) is 13.4. The van der Waals surface area contributed by atoms with Crippen LogP contribution in [-0.2, 0) is 21.2 Å². The lowest BCUT2D eigenvalue weighted by Gasteiger charge is -2.17. The minimum Gasteiger partial charge on any atom is -0.362 e. The van der Waals surface area contributed by atoms with Crippen molar-refractivity contribution in [1.82, 2.24) is 25.1 Å². The highest BCUT2D eigenvalue weighted by Crippen LogP contribution is 2.20. The number of hydrogen-bond acceptors (Lipinski definition) is 6. The lowest BCUT2D eigenvalue weighted by Crippen LogP contribution is -2.26. The van der Waals surface area contributed by atoms with Crippen LogP contribution in [0.2, 0.25) is 0 Å². The highest BCUT2D eigenvalue weighted by Gasteiger charge is 2.19. The number of amides is 1. The van der Waals surface area contributed by atoms with E-state index < -0.39 is 10.0 Å². The second-order valence-corrected chi connectivity index (χ2v) is 9.49. The first-order chi connectivity index (χ1) is 15.9. The average Bonchev–Trinajstić information content (AvgIpc) is 3.26. The van der Waals surface area contributed by atoms with E-state index in [4.69, 9.17) is 0 Å². The van der Waals surface area contributed by atoms with Crippen LogP contribution >= 0.6 is 0 Å². The van der Waals surface area contributed by atoms with Crippen LogP contribution in [0, 0.1) is 0 Å². The van der Waals surface area contributed by atoms with Crippen molar-refractivity contribution in [2.75, 3.05) is 18.9 Å². The van der Waals surface area contributed by atoms with Crippen molar-refractivity contribution in [2.24, 2.45) is 4.40 Å². The van der Waals surface area contributed by atoms with E-state index in [1.807, 2.05) is 36.2 Å². The summed E-state index contributed by atoms with van der Waals surface area (Å²) >= 11 is 0. The summed E-state index contributed by atoms with van der Waals surface area (Å²) in [5, 5.41) is 13.8. The molecule has 1 amide bonds. The summed E-state index contributed by atoms with van der Waals surface area (Å²) < 4.78 is 31.3. The van der Waals surface area contributed by atoms with Crippen LogP contribution in [0.4, 0.5) is 5.69 Å². The van der Waals surface area contributed by atoms with Gasteiger partial charge in [-0.2, -0.15) is 8.42 Å². The number of benzene rings is 2. The summed E-state index contributed by atoms with van der Waals surface area (Å²) in [7, 11) is -2.01. The van der Waals surface area contributed by atoms with Gasteiger partial charge in [0, 0.05) is 25.7 Å². The Morgan fingerprint density at radius 3 is 2.70 bits per heavy atom. The van der Waals surface area contributed by atoms with Crippen LogP contribution in [0.25, 0.3) is 5.69 Å². The second-order valence-electron chi connectivity index (χ2n) is 7.89. The molecule has 0 atom stereocenters. The topological polar surface area (TPSA) is 122 Å². The third-order valence-corrected chi connectivity index (χ3v) is 6.69. The van der Waals surface area contributed by atoms with Gasteiger partial charge in [-0.15, -0.1) is 9.50 Å². The first-order valence-electron chi connectivity index (χ1n) is 10.7. The Kier molecular flexibility index (Phi) is 6.78. The quantitative estimate of drug-likeness (QED) is 0.591. The third kappa shape index (κ3) is 5.80. The molecule has 2 aromatic carbocycles. The Morgan fingerprint density at radius 2 is 1.94 bits per heavy atom. The largest absolute Gasteiger partial charge is 0.362 e. The number of likely N-dealkylation sites (tertiary alicyclic amines) is 1. The zero-order chi connectivity index (χ0) is 23.3. The van der Waals surface area contributed by atoms with Gasteiger partial charge >= 0.3 is 0 Å². The number of carbonyl (C=O) groups is 1. The maximum absolute atomic E-state index is 12.9. The van der Waals surface area contributed by atoms with Crippen molar-refractivity contribution in [2.45, 2.75) is 37.0 Å². The summed E-state index contributed by atoms with van der Waals surface area (Å²) in [6.07, 6.45) is 5.27. The fourth-order valence-corrected chi connectivity index (χ4v) is 4.75. The van der Waals surface area contributed by atoms with Crippen LogP contribution in [0.5, 0.6) is 0 Å². The number of nitrogens with zero attached hydrogens (tertiary/aromatic N) is 6. The molecular formula is C22H25N7O3S. The number of hydrogen-bond donors (Lipinski definition) is 1. The summed E-state index contributed by atoms with van der Waals surface area (Å²) in [4.78, 5) is 14.5. The van der Waals surface area contributed by atoms with Gasteiger partial charge in [0.2, 0.25) is 5.91 Å². The van der Waals surface area contributed by atoms with Crippen molar-refractivity contribution in [3.05, 3.63) is 60.4 Å². The minimum absolute atomic E-state index is 0.0521. The lowest BCUT2D eigenvalue weighted by molar-refractivity contribution is -0.115. The maximum Gasteiger partial charge on any atom is 0.284 e. The molecule has 1 fully saturated rings. The molecule has 4 rings (SSSR count). The van der Waals surface area contributed by atoms with E-state index >= 15 is 0 Å². The number of anilines is 1. The number of amidine groups is 1. The average molecular weight is 468 g/mol. The standard InChI is InChI=1S/C22H25N7O3S/c1-28-13-4-2-3-8-21(28)25-33(31,32)20-7-5-6-18(15-20)24-22(30)14-17-9-11-19(12-10-17)29-16-23-26-27-29/h5-7,9-12,15-16H,2-4,8,13-14H2,1H3,(H,24,30)/b25-21+. The molecule has 0 saturated carbocycles. The van der Waals surface area contributed by atoms with Crippen molar-refractivity contribution in [1.29, 1.82) is 0 Å². The molecule has 33 heavy (non-hydrogen) atoms. The number of aromatic nitrogens is 4. The molecule has 11 heteroatoms. The second kappa shape index (κ2) is 9.90. The van der Waals surface area contributed by atoms with Gasteiger partial charge in [0.1, 0.15) is 12.2 Å². The molecule has 0 radical (unpaired) electrons. The maximum atomic E-state index is 12.9. The van der Waals surface area contributed by atoms with Crippen molar-refractivity contribution in [3.63, 3.8) is 0 Å². The highest BCUT2D eigenvalue weighted by atomic mass is 32.2. The van der Waals surface area contributed by atoms with Gasteiger partial charge in [-0.1, -0.05) is 24.6 Å². The van der Waals surface area contributed by atoms with Crippen LogP contribution in [-0.4, -0.2) is 58.9 Å². The number of nitrogens with one attached hydrogen (secondary N) is 1. The van der Waals surface area contributed by atoms with E-state index in [9.17, 15) is 13.2 Å². The molecule has 2 heterocycles. The molecule has 0 aliphatic carbocycles. The Morgan fingerprint density at radius 1 is 1.12 bits per heavy atom. The van der Waals surface area contributed by atoms with E-state index in [1.165, 1.54) is 23.1 Å². The first kappa shape index (κ1) is 22.6. The Balaban J connectivity index is 1.43. The minimum atomic E-state index is -3.88. The molecule has 1 N–H and O–H groups in total.